The van der Waals surface area contributed by atoms with Crippen molar-refractivity contribution in [3.63, 3.8) is 0 Å². The van der Waals surface area contributed by atoms with Gasteiger partial charge in [-0.1, -0.05) is 13.0 Å². The first kappa shape index (κ1) is 13.1. The summed E-state index contributed by atoms with van der Waals surface area (Å²) in [5.41, 5.74) is 0.393. The van der Waals surface area contributed by atoms with Crippen LogP contribution in [0.3, 0.4) is 0 Å². The second-order valence-corrected chi connectivity index (χ2v) is 5.63. The topological polar surface area (TPSA) is 40.2 Å². The number of anilines is 2. The minimum atomic E-state index is 0.393. The normalized spacial score (nSPS) is 19.5. The van der Waals surface area contributed by atoms with Crippen molar-refractivity contribution in [2.24, 2.45) is 5.41 Å². The fourth-order valence-electron chi connectivity index (χ4n) is 2.31. The Labute approximate surface area is 110 Å². The lowest BCUT2D eigenvalue weighted by molar-refractivity contribution is 0.150. The Morgan fingerprint density at radius 1 is 1.28 bits per heavy atom. The fourth-order valence-corrected chi connectivity index (χ4v) is 2.31. The van der Waals surface area contributed by atoms with Gasteiger partial charge in [-0.3, -0.25) is 0 Å². The molecule has 0 bridgehead atoms. The van der Waals surface area contributed by atoms with Crippen molar-refractivity contribution in [3.05, 3.63) is 18.2 Å². The maximum absolute atomic E-state index is 4.49. The van der Waals surface area contributed by atoms with E-state index in [-0.39, 0.29) is 0 Å². The van der Waals surface area contributed by atoms with Gasteiger partial charge in [-0.2, -0.15) is 0 Å². The van der Waals surface area contributed by atoms with Crippen LogP contribution in [0.4, 0.5) is 11.6 Å². The van der Waals surface area contributed by atoms with Gasteiger partial charge in [0, 0.05) is 13.6 Å². The summed E-state index contributed by atoms with van der Waals surface area (Å²) in [6, 6.07) is 6.03. The number of piperidine rings is 1. The minimum absolute atomic E-state index is 0.393. The van der Waals surface area contributed by atoms with Crippen molar-refractivity contribution < 1.29 is 0 Å². The summed E-state index contributed by atoms with van der Waals surface area (Å²) in [6.07, 6.45) is 2.50. The molecule has 100 valence electrons. The van der Waals surface area contributed by atoms with Gasteiger partial charge in [-0.15, -0.1) is 0 Å². The van der Waals surface area contributed by atoms with Crippen LogP contribution in [0.2, 0.25) is 0 Å². The molecule has 2 heterocycles. The van der Waals surface area contributed by atoms with E-state index < -0.39 is 0 Å². The monoisotopic (exact) mass is 248 g/mol. The van der Waals surface area contributed by atoms with Crippen LogP contribution in [0.1, 0.15) is 19.8 Å². The largest absolute Gasteiger partial charge is 0.373 e. The molecule has 1 aliphatic heterocycles. The van der Waals surface area contributed by atoms with Crippen LogP contribution in [0, 0.1) is 5.41 Å². The predicted molar refractivity (Wildman–Crippen MR) is 77.1 cm³/mol. The summed E-state index contributed by atoms with van der Waals surface area (Å²) >= 11 is 0. The lowest BCUT2D eigenvalue weighted by atomic mass is 9.80. The third kappa shape index (κ3) is 3.35. The number of hydrogen-bond donors (Lipinski definition) is 2. The molecule has 1 aromatic rings. The van der Waals surface area contributed by atoms with Crippen LogP contribution in [0.15, 0.2) is 18.2 Å². The summed E-state index contributed by atoms with van der Waals surface area (Å²) < 4.78 is 0. The number of rotatable bonds is 4. The molecule has 0 aliphatic carbocycles. The third-order valence-electron chi connectivity index (χ3n) is 3.90. The Hall–Kier alpha value is -1.29. The van der Waals surface area contributed by atoms with Crippen LogP contribution in [-0.2, 0) is 0 Å². The van der Waals surface area contributed by atoms with Crippen LogP contribution < -0.4 is 10.6 Å². The first-order valence-corrected chi connectivity index (χ1v) is 6.69. The lowest BCUT2D eigenvalue weighted by Gasteiger charge is -2.38. The van der Waals surface area contributed by atoms with Gasteiger partial charge in [0.15, 0.2) is 0 Å². The van der Waals surface area contributed by atoms with Gasteiger partial charge < -0.3 is 15.5 Å². The van der Waals surface area contributed by atoms with Gasteiger partial charge in [0.05, 0.1) is 0 Å². The number of likely N-dealkylation sites (tertiary alicyclic amines) is 1. The number of pyridine rings is 1. The van der Waals surface area contributed by atoms with E-state index in [0.717, 1.165) is 18.2 Å². The Kier molecular flexibility index (Phi) is 4.07. The van der Waals surface area contributed by atoms with Crippen molar-refractivity contribution in [2.45, 2.75) is 19.8 Å². The number of nitrogens with zero attached hydrogens (tertiary/aromatic N) is 2. The first-order chi connectivity index (χ1) is 8.61. The van der Waals surface area contributed by atoms with Crippen LogP contribution in [-0.4, -0.2) is 43.6 Å². The Balaban J connectivity index is 1.90. The van der Waals surface area contributed by atoms with E-state index in [1.165, 1.54) is 25.9 Å². The van der Waals surface area contributed by atoms with E-state index in [0.29, 0.717) is 5.41 Å². The van der Waals surface area contributed by atoms with E-state index in [1.807, 2.05) is 25.2 Å². The summed E-state index contributed by atoms with van der Waals surface area (Å²) in [5, 5.41) is 6.54. The molecule has 0 unspecified atom stereocenters. The molecule has 1 saturated heterocycles. The molecule has 2 rings (SSSR count). The standard InChI is InChI=1S/C14H24N4/c1-14(7-9-18(3)10-8-14)11-16-13-6-4-5-12(15-2)17-13/h4-6H,7-11H2,1-3H3,(H2,15,16,17). The molecule has 0 saturated carbocycles. The fraction of sp³-hybridized carbons (Fsp3) is 0.643. The summed E-state index contributed by atoms with van der Waals surface area (Å²) in [4.78, 5) is 6.89. The van der Waals surface area contributed by atoms with Gasteiger partial charge in [-0.25, -0.2) is 4.98 Å². The molecular formula is C14H24N4. The average molecular weight is 248 g/mol. The lowest BCUT2D eigenvalue weighted by Crippen LogP contribution is -2.40. The second-order valence-electron chi connectivity index (χ2n) is 5.63. The van der Waals surface area contributed by atoms with E-state index in [2.05, 4.69) is 34.5 Å². The van der Waals surface area contributed by atoms with Crippen LogP contribution >= 0.6 is 0 Å². The van der Waals surface area contributed by atoms with Crippen LogP contribution in [0.25, 0.3) is 0 Å². The van der Waals surface area contributed by atoms with E-state index in [4.69, 9.17) is 0 Å². The number of nitrogens with one attached hydrogen (secondary N) is 2. The van der Waals surface area contributed by atoms with Crippen molar-refractivity contribution in [3.8, 4) is 0 Å². The van der Waals surface area contributed by atoms with E-state index in [9.17, 15) is 0 Å². The van der Waals surface area contributed by atoms with E-state index >= 15 is 0 Å². The number of hydrogen-bond acceptors (Lipinski definition) is 4. The molecule has 0 spiro atoms. The Morgan fingerprint density at radius 3 is 2.61 bits per heavy atom. The SMILES string of the molecule is CNc1cccc(NCC2(C)CCN(C)CC2)n1. The maximum atomic E-state index is 4.49. The zero-order valence-corrected chi connectivity index (χ0v) is 11.7. The summed E-state index contributed by atoms with van der Waals surface area (Å²) in [6.45, 7) is 5.76. The van der Waals surface area contributed by atoms with Gasteiger partial charge >= 0.3 is 0 Å². The predicted octanol–water partition coefficient (Wildman–Crippen LogP) is 2.27. The molecule has 1 aromatic heterocycles. The van der Waals surface area contributed by atoms with Crippen molar-refractivity contribution in [1.82, 2.24) is 9.88 Å². The van der Waals surface area contributed by atoms with Crippen molar-refractivity contribution in [2.75, 3.05) is 44.4 Å². The van der Waals surface area contributed by atoms with Gasteiger partial charge in [0.25, 0.3) is 0 Å². The molecule has 4 nitrogen and oxygen atoms in total. The third-order valence-corrected chi connectivity index (χ3v) is 3.90. The molecule has 0 radical (unpaired) electrons. The Morgan fingerprint density at radius 2 is 1.94 bits per heavy atom. The van der Waals surface area contributed by atoms with Gasteiger partial charge in [0.2, 0.25) is 0 Å². The molecule has 1 aliphatic rings. The average Bonchev–Trinajstić information content (AvgIpc) is 2.41. The molecular weight excluding hydrogens is 224 g/mol. The molecule has 2 N–H and O–H groups in total. The first-order valence-electron chi connectivity index (χ1n) is 6.69. The highest BCUT2D eigenvalue weighted by Crippen LogP contribution is 2.30. The van der Waals surface area contributed by atoms with Gasteiger partial charge in [-0.05, 0) is 50.5 Å². The zero-order chi connectivity index (χ0) is 13.0. The van der Waals surface area contributed by atoms with Crippen molar-refractivity contribution >= 4 is 11.6 Å². The molecule has 0 amide bonds. The molecule has 18 heavy (non-hydrogen) atoms. The quantitative estimate of drug-likeness (QED) is 0.857. The highest BCUT2D eigenvalue weighted by molar-refractivity contribution is 5.44. The smallest absolute Gasteiger partial charge is 0.128 e. The minimum Gasteiger partial charge on any atom is -0.373 e. The highest BCUT2D eigenvalue weighted by Gasteiger charge is 2.28. The molecule has 1 fully saturated rings. The van der Waals surface area contributed by atoms with E-state index in [1.54, 1.807) is 0 Å². The molecule has 4 heteroatoms. The number of aromatic nitrogens is 1. The van der Waals surface area contributed by atoms with Gasteiger partial charge in [0.1, 0.15) is 11.6 Å². The zero-order valence-electron chi connectivity index (χ0n) is 11.7. The Bertz CT molecular complexity index is 383. The van der Waals surface area contributed by atoms with Crippen LogP contribution in [0.5, 0.6) is 0 Å². The van der Waals surface area contributed by atoms with Crippen molar-refractivity contribution in [1.29, 1.82) is 0 Å². The maximum Gasteiger partial charge on any atom is 0.128 e. The molecule has 0 aromatic carbocycles. The summed E-state index contributed by atoms with van der Waals surface area (Å²) in [7, 11) is 4.09. The second kappa shape index (κ2) is 5.57. The summed E-state index contributed by atoms with van der Waals surface area (Å²) in [5.74, 6) is 1.87. The molecule has 0 atom stereocenters. The highest BCUT2D eigenvalue weighted by atomic mass is 15.1.